The third-order valence-electron chi connectivity index (χ3n) is 3.39. The standard InChI is InChI=1S/C15H17N3OS/c1-11-5-4-6-12(9-11)16-15-17-13(10-20-15)14(19)18-7-2-3-8-18/h4-6,9-10H,2-3,7-8H2,1H3,(H,16,17). The average molecular weight is 287 g/mol. The summed E-state index contributed by atoms with van der Waals surface area (Å²) in [7, 11) is 0. The number of hydrogen-bond donors (Lipinski definition) is 1. The molecule has 20 heavy (non-hydrogen) atoms. The first-order valence-corrected chi connectivity index (χ1v) is 7.69. The third-order valence-corrected chi connectivity index (χ3v) is 4.14. The first-order chi connectivity index (χ1) is 9.72. The highest BCUT2D eigenvalue weighted by Gasteiger charge is 2.21. The molecule has 1 aromatic heterocycles. The molecule has 3 rings (SSSR count). The molecule has 1 N–H and O–H groups in total. The predicted octanol–water partition coefficient (Wildman–Crippen LogP) is 3.43. The van der Waals surface area contributed by atoms with Gasteiger partial charge in [0.05, 0.1) is 0 Å². The molecule has 1 aliphatic rings. The smallest absolute Gasteiger partial charge is 0.273 e. The van der Waals surface area contributed by atoms with Gasteiger partial charge in [-0.25, -0.2) is 4.98 Å². The van der Waals surface area contributed by atoms with Crippen LogP contribution in [0, 0.1) is 6.92 Å². The molecule has 2 aromatic rings. The number of rotatable bonds is 3. The molecule has 0 bridgehead atoms. The lowest BCUT2D eigenvalue weighted by molar-refractivity contribution is 0.0788. The number of aromatic nitrogens is 1. The van der Waals surface area contributed by atoms with Crippen LogP contribution < -0.4 is 5.32 Å². The molecule has 0 aliphatic carbocycles. The zero-order valence-electron chi connectivity index (χ0n) is 11.4. The Morgan fingerprint density at radius 1 is 1.35 bits per heavy atom. The fourth-order valence-corrected chi connectivity index (χ4v) is 3.06. The Hall–Kier alpha value is -1.88. The van der Waals surface area contributed by atoms with Gasteiger partial charge in [-0.15, -0.1) is 11.3 Å². The molecular formula is C15H17N3OS. The molecule has 104 valence electrons. The monoisotopic (exact) mass is 287 g/mol. The quantitative estimate of drug-likeness (QED) is 0.940. The number of amides is 1. The van der Waals surface area contributed by atoms with E-state index < -0.39 is 0 Å². The summed E-state index contributed by atoms with van der Waals surface area (Å²) in [6, 6.07) is 8.11. The number of aryl methyl sites for hydroxylation is 1. The lowest BCUT2D eigenvalue weighted by Crippen LogP contribution is -2.27. The number of thiazole rings is 1. The zero-order valence-corrected chi connectivity index (χ0v) is 12.2. The predicted molar refractivity (Wildman–Crippen MR) is 81.7 cm³/mol. The van der Waals surface area contributed by atoms with Crippen LogP contribution in [0.4, 0.5) is 10.8 Å². The van der Waals surface area contributed by atoms with E-state index in [1.165, 1.54) is 16.9 Å². The Morgan fingerprint density at radius 3 is 2.90 bits per heavy atom. The average Bonchev–Trinajstić information content (AvgIpc) is 3.09. The van der Waals surface area contributed by atoms with Crippen molar-refractivity contribution in [2.75, 3.05) is 18.4 Å². The number of benzene rings is 1. The van der Waals surface area contributed by atoms with Gasteiger partial charge in [-0.3, -0.25) is 4.79 Å². The molecule has 2 heterocycles. The molecule has 0 saturated carbocycles. The Kier molecular flexibility index (Phi) is 3.69. The van der Waals surface area contributed by atoms with E-state index in [0.29, 0.717) is 5.69 Å². The Morgan fingerprint density at radius 2 is 2.15 bits per heavy atom. The van der Waals surface area contributed by atoms with Crippen molar-refractivity contribution >= 4 is 28.1 Å². The van der Waals surface area contributed by atoms with Crippen LogP contribution >= 0.6 is 11.3 Å². The van der Waals surface area contributed by atoms with Crippen LogP contribution in [0.25, 0.3) is 0 Å². The van der Waals surface area contributed by atoms with E-state index in [4.69, 9.17) is 0 Å². The van der Waals surface area contributed by atoms with Gasteiger partial charge in [-0.05, 0) is 37.5 Å². The molecule has 4 nitrogen and oxygen atoms in total. The fourth-order valence-electron chi connectivity index (χ4n) is 2.36. The Labute approximate surface area is 122 Å². The topological polar surface area (TPSA) is 45.2 Å². The van der Waals surface area contributed by atoms with Gasteiger partial charge < -0.3 is 10.2 Å². The van der Waals surface area contributed by atoms with E-state index in [2.05, 4.69) is 29.4 Å². The summed E-state index contributed by atoms with van der Waals surface area (Å²) in [5.41, 5.74) is 2.74. The Balaban J connectivity index is 1.71. The van der Waals surface area contributed by atoms with Gasteiger partial charge in [0, 0.05) is 24.2 Å². The third kappa shape index (κ3) is 2.82. The van der Waals surface area contributed by atoms with Crippen LogP contribution in [0.3, 0.4) is 0 Å². The first-order valence-electron chi connectivity index (χ1n) is 6.81. The summed E-state index contributed by atoms with van der Waals surface area (Å²) in [5.74, 6) is 0.0519. The second-order valence-corrected chi connectivity index (χ2v) is 5.89. The molecule has 1 aromatic carbocycles. The molecular weight excluding hydrogens is 270 g/mol. The highest BCUT2D eigenvalue weighted by Crippen LogP contribution is 2.23. The fraction of sp³-hybridized carbons (Fsp3) is 0.333. The summed E-state index contributed by atoms with van der Waals surface area (Å²) in [5, 5.41) is 5.84. The van der Waals surface area contributed by atoms with Crippen LogP contribution in [0.2, 0.25) is 0 Å². The maximum atomic E-state index is 12.2. The SMILES string of the molecule is Cc1cccc(Nc2nc(C(=O)N3CCCC3)cs2)c1. The summed E-state index contributed by atoms with van der Waals surface area (Å²) >= 11 is 1.47. The largest absolute Gasteiger partial charge is 0.337 e. The number of nitrogens with zero attached hydrogens (tertiary/aromatic N) is 2. The van der Waals surface area contributed by atoms with Gasteiger partial charge in [-0.1, -0.05) is 12.1 Å². The highest BCUT2D eigenvalue weighted by atomic mass is 32.1. The molecule has 0 spiro atoms. The first kappa shape index (κ1) is 13.1. The summed E-state index contributed by atoms with van der Waals surface area (Å²) in [6.45, 7) is 3.77. The highest BCUT2D eigenvalue weighted by molar-refractivity contribution is 7.14. The molecule has 1 saturated heterocycles. The van der Waals surface area contributed by atoms with Gasteiger partial charge in [0.1, 0.15) is 5.69 Å². The van der Waals surface area contributed by atoms with E-state index in [-0.39, 0.29) is 5.91 Å². The number of carbonyl (C=O) groups is 1. The van der Waals surface area contributed by atoms with Gasteiger partial charge in [0.25, 0.3) is 5.91 Å². The minimum atomic E-state index is 0.0519. The van der Waals surface area contributed by atoms with Crippen LogP contribution in [0.1, 0.15) is 28.9 Å². The van der Waals surface area contributed by atoms with Gasteiger partial charge in [-0.2, -0.15) is 0 Å². The van der Waals surface area contributed by atoms with E-state index in [0.717, 1.165) is 36.8 Å². The zero-order chi connectivity index (χ0) is 13.9. The van der Waals surface area contributed by atoms with Crippen molar-refractivity contribution in [2.45, 2.75) is 19.8 Å². The number of hydrogen-bond acceptors (Lipinski definition) is 4. The van der Waals surface area contributed by atoms with E-state index in [1.807, 2.05) is 22.4 Å². The second-order valence-electron chi connectivity index (χ2n) is 5.03. The molecule has 0 atom stereocenters. The van der Waals surface area contributed by atoms with Crippen molar-refractivity contribution in [3.63, 3.8) is 0 Å². The molecule has 1 aliphatic heterocycles. The van der Waals surface area contributed by atoms with Crippen molar-refractivity contribution in [1.29, 1.82) is 0 Å². The lowest BCUT2D eigenvalue weighted by Gasteiger charge is -2.12. The van der Waals surface area contributed by atoms with Crippen molar-refractivity contribution in [3.8, 4) is 0 Å². The number of nitrogens with one attached hydrogen (secondary N) is 1. The Bertz CT molecular complexity index is 617. The van der Waals surface area contributed by atoms with E-state index in [9.17, 15) is 4.79 Å². The van der Waals surface area contributed by atoms with Crippen LogP contribution in [0.5, 0.6) is 0 Å². The van der Waals surface area contributed by atoms with Crippen molar-refractivity contribution in [3.05, 3.63) is 40.9 Å². The number of carbonyl (C=O) groups excluding carboxylic acids is 1. The van der Waals surface area contributed by atoms with Gasteiger partial charge in [0.2, 0.25) is 0 Å². The van der Waals surface area contributed by atoms with Gasteiger partial charge in [0.15, 0.2) is 5.13 Å². The maximum absolute atomic E-state index is 12.2. The van der Waals surface area contributed by atoms with Crippen molar-refractivity contribution in [2.24, 2.45) is 0 Å². The van der Waals surface area contributed by atoms with Crippen LogP contribution in [-0.2, 0) is 0 Å². The molecule has 1 fully saturated rings. The van der Waals surface area contributed by atoms with Gasteiger partial charge >= 0.3 is 0 Å². The number of likely N-dealkylation sites (tertiary alicyclic amines) is 1. The van der Waals surface area contributed by atoms with E-state index >= 15 is 0 Å². The minimum Gasteiger partial charge on any atom is -0.337 e. The molecule has 5 heteroatoms. The minimum absolute atomic E-state index is 0.0519. The lowest BCUT2D eigenvalue weighted by atomic mass is 10.2. The second kappa shape index (κ2) is 5.63. The summed E-state index contributed by atoms with van der Waals surface area (Å²) in [6.07, 6.45) is 2.20. The van der Waals surface area contributed by atoms with Crippen LogP contribution in [0.15, 0.2) is 29.6 Å². The van der Waals surface area contributed by atoms with Crippen molar-refractivity contribution in [1.82, 2.24) is 9.88 Å². The maximum Gasteiger partial charge on any atom is 0.273 e. The van der Waals surface area contributed by atoms with Crippen LogP contribution in [-0.4, -0.2) is 28.9 Å². The summed E-state index contributed by atoms with van der Waals surface area (Å²) in [4.78, 5) is 18.5. The summed E-state index contributed by atoms with van der Waals surface area (Å²) < 4.78 is 0. The normalized spacial score (nSPS) is 14.6. The molecule has 0 unspecified atom stereocenters. The van der Waals surface area contributed by atoms with E-state index in [1.54, 1.807) is 0 Å². The molecule has 0 radical (unpaired) electrons. The van der Waals surface area contributed by atoms with Crippen molar-refractivity contribution < 1.29 is 4.79 Å². The molecule has 1 amide bonds. The number of anilines is 2.